The molecule has 0 aromatic heterocycles. The summed E-state index contributed by atoms with van der Waals surface area (Å²) in [5.41, 5.74) is 3.93. The van der Waals surface area contributed by atoms with Gasteiger partial charge in [0.25, 0.3) is 5.70 Å². The highest BCUT2D eigenvalue weighted by atomic mass is 16.6. The number of hydrogen-bond donors (Lipinski definition) is 1. The Labute approximate surface area is 99.5 Å². The predicted octanol–water partition coefficient (Wildman–Crippen LogP) is 1.95. The zero-order valence-corrected chi connectivity index (χ0v) is 10.1. The van der Waals surface area contributed by atoms with E-state index < -0.39 is 4.92 Å². The summed E-state index contributed by atoms with van der Waals surface area (Å²) in [7, 11) is 0. The molecule has 92 valence electrons. The van der Waals surface area contributed by atoms with Crippen molar-refractivity contribution in [1.82, 2.24) is 5.43 Å². The Balaban J connectivity index is 2.73. The van der Waals surface area contributed by atoms with Gasteiger partial charge in [0.15, 0.2) is 6.23 Å². The molecule has 6 nitrogen and oxygen atoms in total. The number of nitro groups is 1. The summed E-state index contributed by atoms with van der Waals surface area (Å²) >= 11 is 0. The van der Waals surface area contributed by atoms with E-state index in [2.05, 4.69) is 17.1 Å². The Hall–Kier alpha value is -2.11. The molecule has 0 spiro atoms. The zero-order chi connectivity index (χ0) is 13.0. The van der Waals surface area contributed by atoms with Crippen LogP contribution in [0.4, 0.5) is 0 Å². The monoisotopic (exact) mass is 237 g/mol. The number of nitrogens with one attached hydrogen (secondary N) is 1. The predicted molar refractivity (Wildman–Crippen MR) is 64.8 cm³/mol. The molecule has 0 saturated carbocycles. The molecule has 1 atom stereocenters. The molecule has 1 unspecified atom stereocenters. The first-order valence-corrected chi connectivity index (χ1v) is 5.11. The number of rotatable bonds is 4. The van der Waals surface area contributed by atoms with Gasteiger partial charge >= 0.3 is 0 Å². The van der Waals surface area contributed by atoms with Crippen LogP contribution in [-0.2, 0) is 4.74 Å². The smallest absolute Gasteiger partial charge is 0.265 e. The number of hydrogen-bond acceptors (Lipinski definition) is 5. The molecule has 17 heavy (non-hydrogen) atoms. The lowest BCUT2D eigenvalue weighted by Gasteiger charge is -2.03. The van der Waals surface area contributed by atoms with E-state index in [1.165, 1.54) is 0 Å². The van der Waals surface area contributed by atoms with Gasteiger partial charge in [0.2, 0.25) is 5.90 Å². The van der Waals surface area contributed by atoms with Crippen LogP contribution < -0.4 is 5.43 Å². The minimum atomic E-state index is -0.512. The molecule has 6 heteroatoms. The van der Waals surface area contributed by atoms with Crippen molar-refractivity contribution in [3.63, 3.8) is 0 Å². The summed E-state index contributed by atoms with van der Waals surface area (Å²) in [5, 5.41) is 14.4. The molecule has 0 aromatic carbocycles. The maximum absolute atomic E-state index is 10.5. The van der Waals surface area contributed by atoms with E-state index in [4.69, 9.17) is 4.74 Å². The first-order chi connectivity index (χ1) is 7.91. The maximum atomic E-state index is 10.5. The fraction of sp³-hybridized carbons (Fsp3) is 0.364. The van der Waals surface area contributed by atoms with Gasteiger partial charge in [-0.15, -0.1) is 5.10 Å². The van der Waals surface area contributed by atoms with Crippen LogP contribution in [0.2, 0.25) is 0 Å². The molecule has 1 rings (SSSR count). The van der Waals surface area contributed by atoms with Crippen molar-refractivity contribution in [1.29, 1.82) is 0 Å². The minimum absolute atomic E-state index is 0.116. The van der Waals surface area contributed by atoms with E-state index in [9.17, 15) is 10.1 Å². The van der Waals surface area contributed by atoms with Crippen molar-refractivity contribution < 1.29 is 9.66 Å². The summed E-state index contributed by atoms with van der Waals surface area (Å²) in [5.74, 6) is 0.494. The highest BCUT2D eigenvalue weighted by molar-refractivity contribution is 5.93. The van der Waals surface area contributed by atoms with Crippen LogP contribution >= 0.6 is 0 Å². The SMILES string of the molecule is C=C(/C(C)=C\C=C(/C)C1=NNC(C)O1)[N+](=O)[O-]. The fourth-order valence-corrected chi connectivity index (χ4v) is 1.11. The number of nitrogens with zero attached hydrogens (tertiary/aromatic N) is 2. The molecule has 0 aliphatic carbocycles. The summed E-state index contributed by atoms with van der Waals surface area (Å²) in [6.45, 7) is 8.65. The molecule has 0 bridgehead atoms. The lowest BCUT2D eigenvalue weighted by Crippen LogP contribution is -2.16. The largest absolute Gasteiger partial charge is 0.451 e. The second kappa shape index (κ2) is 5.29. The first kappa shape index (κ1) is 13.0. The third-order valence-corrected chi connectivity index (χ3v) is 2.23. The van der Waals surface area contributed by atoms with E-state index in [1.54, 1.807) is 19.1 Å². The van der Waals surface area contributed by atoms with Crippen LogP contribution in [0.25, 0.3) is 0 Å². The number of allylic oxidation sites excluding steroid dienone is 3. The second-order valence-corrected chi connectivity index (χ2v) is 3.71. The van der Waals surface area contributed by atoms with E-state index in [0.29, 0.717) is 11.5 Å². The van der Waals surface area contributed by atoms with E-state index in [-0.39, 0.29) is 11.9 Å². The molecule has 0 saturated heterocycles. The average Bonchev–Trinajstić information content (AvgIpc) is 2.71. The van der Waals surface area contributed by atoms with Gasteiger partial charge in [0.05, 0.1) is 4.92 Å². The number of ether oxygens (including phenoxy) is 1. The Morgan fingerprint density at radius 2 is 2.24 bits per heavy atom. The Kier molecular flexibility index (Phi) is 4.03. The summed E-state index contributed by atoms with van der Waals surface area (Å²) in [6.07, 6.45) is 3.19. The van der Waals surface area contributed by atoms with E-state index in [0.717, 1.165) is 5.57 Å². The van der Waals surface area contributed by atoms with Crippen LogP contribution in [0.1, 0.15) is 20.8 Å². The molecule has 1 aliphatic heterocycles. The van der Waals surface area contributed by atoms with E-state index >= 15 is 0 Å². The van der Waals surface area contributed by atoms with Gasteiger partial charge in [0.1, 0.15) is 0 Å². The quantitative estimate of drug-likeness (QED) is 0.460. The molecule has 0 amide bonds. The van der Waals surface area contributed by atoms with Gasteiger partial charge in [-0.2, -0.15) is 0 Å². The third-order valence-electron chi connectivity index (χ3n) is 2.23. The van der Waals surface area contributed by atoms with Crippen LogP contribution in [0, 0.1) is 10.1 Å². The van der Waals surface area contributed by atoms with Crippen molar-refractivity contribution in [3.05, 3.63) is 45.7 Å². The van der Waals surface area contributed by atoms with Crippen molar-refractivity contribution in [2.45, 2.75) is 27.0 Å². The number of hydrazone groups is 1. The van der Waals surface area contributed by atoms with Crippen molar-refractivity contribution in [3.8, 4) is 0 Å². The zero-order valence-electron chi connectivity index (χ0n) is 10.1. The fourth-order valence-electron chi connectivity index (χ4n) is 1.11. The van der Waals surface area contributed by atoms with Gasteiger partial charge in [0, 0.05) is 11.1 Å². The Bertz CT molecular complexity index is 435. The van der Waals surface area contributed by atoms with Crippen molar-refractivity contribution >= 4 is 5.90 Å². The molecule has 1 N–H and O–H groups in total. The van der Waals surface area contributed by atoms with E-state index in [1.807, 2.05) is 13.8 Å². The molecule has 0 radical (unpaired) electrons. The molecule has 1 aliphatic rings. The van der Waals surface area contributed by atoms with Crippen LogP contribution in [0.3, 0.4) is 0 Å². The van der Waals surface area contributed by atoms with Gasteiger partial charge < -0.3 is 4.74 Å². The maximum Gasteiger partial charge on any atom is 0.265 e. The second-order valence-electron chi connectivity index (χ2n) is 3.71. The highest BCUT2D eigenvalue weighted by Gasteiger charge is 2.15. The summed E-state index contributed by atoms with van der Waals surface area (Å²) < 4.78 is 5.35. The third kappa shape index (κ3) is 3.44. The van der Waals surface area contributed by atoms with Crippen molar-refractivity contribution in [2.75, 3.05) is 0 Å². The van der Waals surface area contributed by atoms with Crippen LogP contribution in [-0.4, -0.2) is 17.0 Å². The average molecular weight is 237 g/mol. The van der Waals surface area contributed by atoms with Gasteiger partial charge in [-0.05, 0) is 27.4 Å². The molecular weight excluding hydrogens is 222 g/mol. The lowest BCUT2D eigenvalue weighted by molar-refractivity contribution is -0.420. The molecular formula is C11H15N3O3. The van der Waals surface area contributed by atoms with Crippen LogP contribution in [0.5, 0.6) is 0 Å². The van der Waals surface area contributed by atoms with Crippen molar-refractivity contribution in [2.24, 2.45) is 5.10 Å². The first-order valence-electron chi connectivity index (χ1n) is 5.11. The van der Waals surface area contributed by atoms with Gasteiger partial charge in [-0.3, -0.25) is 15.5 Å². The highest BCUT2D eigenvalue weighted by Crippen LogP contribution is 2.11. The normalized spacial score (nSPS) is 20.4. The standard InChI is InChI=1S/C11H15N3O3/c1-7(9(3)14(15)16)5-6-8(2)11-13-12-10(4)17-11/h5-6,10,12H,3H2,1-2,4H3/b7-5-,8-6+. The topological polar surface area (TPSA) is 76.8 Å². The summed E-state index contributed by atoms with van der Waals surface area (Å²) in [4.78, 5) is 9.96. The molecule has 0 aromatic rings. The summed E-state index contributed by atoms with van der Waals surface area (Å²) in [6, 6.07) is 0. The Morgan fingerprint density at radius 1 is 1.59 bits per heavy atom. The van der Waals surface area contributed by atoms with Gasteiger partial charge in [-0.1, -0.05) is 12.2 Å². The molecule has 1 heterocycles. The minimum Gasteiger partial charge on any atom is -0.451 e. The molecule has 0 fully saturated rings. The van der Waals surface area contributed by atoms with Crippen LogP contribution in [0.15, 0.2) is 40.7 Å². The van der Waals surface area contributed by atoms with Gasteiger partial charge in [-0.25, -0.2) is 0 Å². The Morgan fingerprint density at radius 3 is 2.71 bits per heavy atom. The lowest BCUT2D eigenvalue weighted by atomic mass is 10.2.